The lowest BCUT2D eigenvalue weighted by atomic mass is 9.91. The minimum absolute atomic E-state index is 0.0309. The normalized spacial score (nSPS) is 32.1. The summed E-state index contributed by atoms with van der Waals surface area (Å²) in [5.74, 6) is -1.73. The van der Waals surface area contributed by atoms with E-state index in [1.165, 1.54) is 20.8 Å². The first-order valence-electron chi connectivity index (χ1n) is 6.49. The van der Waals surface area contributed by atoms with Crippen LogP contribution in [0.4, 0.5) is 0 Å². The summed E-state index contributed by atoms with van der Waals surface area (Å²) < 4.78 is 21.0. The molecule has 1 heterocycles. The van der Waals surface area contributed by atoms with E-state index in [0.29, 0.717) is 0 Å². The van der Waals surface area contributed by atoms with E-state index in [0.717, 1.165) is 0 Å². The van der Waals surface area contributed by atoms with E-state index < -0.39 is 41.2 Å². The first-order valence-corrected chi connectivity index (χ1v) is 7.41. The Hall–Kier alpha value is -1.15. The number of halogens is 1. The van der Waals surface area contributed by atoms with Crippen LogP contribution in [0.2, 0.25) is 0 Å². The lowest BCUT2D eigenvalue weighted by molar-refractivity contribution is -0.212. The number of alkyl halides is 1. The molecule has 0 bridgehead atoms. The standard InChI is InChI=1S/C13H19BrO7/c1-6-10(5-18-7(2)15)21-13(14)12(20-9(4)17)11(6)19-8(3)16/h6,10-13H,5H2,1-4H3. The fourth-order valence-corrected chi connectivity index (χ4v) is 2.78. The Kier molecular flexibility index (Phi) is 6.60. The Morgan fingerprint density at radius 2 is 1.52 bits per heavy atom. The summed E-state index contributed by atoms with van der Waals surface area (Å²) in [5, 5.41) is -0.664. The minimum Gasteiger partial charge on any atom is -0.463 e. The molecule has 1 aliphatic heterocycles. The number of hydrogen-bond acceptors (Lipinski definition) is 7. The fourth-order valence-electron chi connectivity index (χ4n) is 2.10. The number of carbonyl (C=O) groups is 3. The van der Waals surface area contributed by atoms with Crippen LogP contribution >= 0.6 is 15.9 Å². The van der Waals surface area contributed by atoms with Crippen LogP contribution in [0.1, 0.15) is 27.7 Å². The van der Waals surface area contributed by atoms with Crippen LogP contribution in [0.5, 0.6) is 0 Å². The van der Waals surface area contributed by atoms with E-state index in [9.17, 15) is 14.4 Å². The van der Waals surface area contributed by atoms with E-state index in [1.54, 1.807) is 6.92 Å². The molecule has 0 spiro atoms. The Morgan fingerprint density at radius 3 is 2.00 bits per heavy atom. The van der Waals surface area contributed by atoms with Gasteiger partial charge in [-0.1, -0.05) is 22.9 Å². The van der Waals surface area contributed by atoms with Gasteiger partial charge >= 0.3 is 17.9 Å². The molecule has 0 aromatic carbocycles. The molecule has 1 rings (SSSR count). The number of carbonyl (C=O) groups excluding carboxylic acids is 3. The van der Waals surface area contributed by atoms with Crippen LogP contribution in [0.15, 0.2) is 0 Å². The van der Waals surface area contributed by atoms with Crippen molar-refractivity contribution >= 4 is 33.8 Å². The van der Waals surface area contributed by atoms with Gasteiger partial charge in [-0.3, -0.25) is 14.4 Å². The van der Waals surface area contributed by atoms with E-state index in [2.05, 4.69) is 15.9 Å². The second-order valence-corrected chi connectivity index (χ2v) is 5.74. The molecule has 0 aromatic heterocycles. The van der Waals surface area contributed by atoms with Gasteiger partial charge < -0.3 is 18.9 Å². The summed E-state index contributed by atoms with van der Waals surface area (Å²) in [4.78, 5) is 33.3. The van der Waals surface area contributed by atoms with Gasteiger partial charge in [0.25, 0.3) is 0 Å². The molecule has 7 nitrogen and oxygen atoms in total. The molecule has 0 radical (unpaired) electrons. The maximum atomic E-state index is 11.3. The molecule has 0 aliphatic carbocycles. The van der Waals surface area contributed by atoms with Crippen LogP contribution in [-0.4, -0.2) is 47.8 Å². The summed E-state index contributed by atoms with van der Waals surface area (Å²) in [5.41, 5.74) is 0. The molecule has 1 fully saturated rings. The van der Waals surface area contributed by atoms with Crippen molar-refractivity contribution in [3.63, 3.8) is 0 Å². The molecular weight excluding hydrogens is 348 g/mol. The Morgan fingerprint density at radius 1 is 1.00 bits per heavy atom. The first kappa shape index (κ1) is 17.9. The fraction of sp³-hybridized carbons (Fsp3) is 0.769. The third-order valence-corrected chi connectivity index (χ3v) is 3.78. The molecule has 5 unspecified atom stereocenters. The molecule has 5 atom stereocenters. The third kappa shape index (κ3) is 5.28. The molecule has 0 amide bonds. The molecule has 0 saturated carbocycles. The van der Waals surface area contributed by atoms with Crippen LogP contribution < -0.4 is 0 Å². The predicted octanol–water partition coefficient (Wildman–Crippen LogP) is 1.17. The van der Waals surface area contributed by atoms with Gasteiger partial charge in [0, 0.05) is 26.7 Å². The highest BCUT2D eigenvalue weighted by atomic mass is 79.9. The van der Waals surface area contributed by atoms with Crippen molar-refractivity contribution in [1.29, 1.82) is 0 Å². The summed E-state index contributed by atoms with van der Waals surface area (Å²) in [7, 11) is 0. The quantitative estimate of drug-likeness (QED) is 0.419. The SMILES string of the molecule is CC(=O)OCC1OC(Br)C(OC(C)=O)C(OC(C)=O)C1C. The smallest absolute Gasteiger partial charge is 0.303 e. The molecular formula is C13H19BrO7. The highest BCUT2D eigenvalue weighted by Gasteiger charge is 2.47. The highest BCUT2D eigenvalue weighted by Crippen LogP contribution is 2.33. The maximum Gasteiger partial charge on any atom is 0.303 e. The molecule has 8 heteroatoms. The van der Waals surface area contributed by atoms with Gasteiger partial charge in [-0.05, 0) is 0 Å². The van der Waals surface area contributed by atoms with E-state index in [1.807, 2.05) is 0 Å². The Labute approximate surface area is 131 Å². The Balaban J connectivity index is 2.87. The predicted molar refractivity (Wildman–Crippen MR) is 74.5 cm³/mol. The second-order valence-electron chi connectivity index (χ2n) is 4.84. The van der Waals surface area contributed by atoms with Crippen LogP contribution in [-0.2, 0) is 33.3 Å². The lowest BCUT2D eigenvalue weighted by Crippen LogP contribution is -2.55. The zero-order valence-corrected chi connectivity index (χ0v) is 13.9. The second kappa shape index (κ2) is 7.74. The van der Waals surface area contributed by atoms with E-state index in [4.69, 9.17) is 18.9 Å². The Bertz CT molecular complexity index is 411. The van der Waals surface area contributed by atoms with Crippen molar-refractivity contribution in [1.82, 2.24) is 0 Å². The third-order valence-electron chi connectivity index (χ3n) is 3.05. The van der Waals surface area contributed by atoms with Crippen molar-refractivity contribution in [3.8, 4) is 0 Å². The number of rotatable bonds is 4. The zero-order valence-electron chi connectivity index (χ0n) is 12.3. The monoisotopic (exact) mass is 366 g/mol. The average Bonchev–Trinajstić information content (AvgIpc) is 2.35. The summed E-state index contributed by atoms with van der Waals surface area (Å²) in [6, 6.07) is 0. The van der Waals surface area contributed by atoms with Crippen LogP contribution in [0.3, 0.4) is 0 Å². The van der Waals surface area contributed by atoms with Crippen molar-refractivity contribution in [2.45, 2.75) is 51.0 Å². The van der Waals surface area contributed by atoms with Crippen LogP contribution in [0, 0.1) is 5.92 Å². The maximum absolute atomic E-state index is 11.3. The summed E-state index contributed by atoms with van der Waals surface area (Å²) in [6.07, 6.45) is -1.94. The number of esters is 3. The summed E-state index contributed by atoms with van der Waals surface area (Å²) in [6.45, 7) is 5.64. The number of hydrogen-bond donors (Lipinski definition) is 0. The molecule has 1 saturated heterocycles. The minimum atomic E-state index is -0.769. The lowest BCUT2D eigenvalue weighted by Gasteiger charge is -2.42. The van der Waals surface area contributed by atoms with Gasteiger partial charge in [-0.15, -0.1) is 0 Å². The van der Waals surface area contributed by atoms with Gasteiger partial charge in [-0.25, -0.2) is 0 Å². The molecule has 0 N–H and O–H groups in total. The van der Waals surface area contributed by atoms with Gasteiger partial charge in [0.2, 0.25) is 0 Å². The molecule has 1 aliphatic rings. The van der Waals surface area contributed by atoms with Gasteiger partial charge in [0.05, 0.1) is 6.10 Å². The van der Waals surface area contributed by atoms with Gasteiger partial charge in [0.1, 0.15) is 12.7 Å². The van der Waals surface area contributed by atoms with Crippen molar-refractivity contribution in [2.75, 3.05) is 6.61 Å². The van der Waals surface area contributed by atoms with Crippen LogP contribution in [0.25, 0.3) is 0 Å². The van der Waals surface area contributed by atoms with E-state index in [-0.39, 0.29) is 12.5 Å². The highest BCUT2D eigenvalue weighted by molar-refractivity contribution is 9.09. The molecule has 0 aromatic rings. The molecule has 21 heavy (non-hydrogen) atoms. The topological polar surface area (TPSA) is 88.1 Å². The van der Waals surface area contributed by atoms with Crippen molar-refractivity contribution in [2.24, 2.45) is 5.92 Å². The van der Waals surface area contributed by atoms with Crippen molar-refractivity contribution in [3.05, 3.63) is 0 Å². The summed E-state index contributed by atoms with van der Waals surface area (Å²) >= 11 is 3.26. The number of ether oxygens (including phenoxy) is 4. The first-order chi connectivity index (χ1) is 9.72. The largest absolute Gasteiger partial charge is 0.463 e. The average molecular weight is 367 g/mol. The zero-order chi connectivity index (χ0) is 16.2. The van der Waals surface area contributed by atoms with Gasteiger partial charge in [-0.2, -0.15) is 0 Å². The molecule has 120 valence electrons. The van der Waals surface area contributed by atoms with Gasteiger partial charge in [0.15, 0.2) is 11.1 Å². The van der Waals surface area contributed by atoms with Crippen molar-refractivity contribution < 1.29 is 33.3 Å². The van der Waals surface area contributed by atoms with E-state index >= 15 is 0 Å².